The highest BCUT2D eigenvalue weighted by Gasteiger charge is 2.32. The first-order chi connectivity index (χ1) is 13.1. The summed E-state index contributed by atoms with van der Waals surface area (Å²) in [5.41, 5.74) is 4.12. The quantitative estimate of drug-likeness (QED) is 0.513. The van der Waals surface area contributed by atoms with Crippen LogP contribution in [0.1, 0.15) is 16.1 Å². The van der Waals surface area contributed by atoms with E-state index in [1.54, 1.807) is 0 Å². The van der Waals surface area contributed by atoms with Gasteiger partial charge in [-0.3, -0.25) is 9.59 Å². The summed E-state index contributed by atoms with van der Waals surface area (Å²) in [7, 11) is 0. The van der Waals surface area contributed by atoms with Crippen molar-refractivity contribution >= 4 is 27.7 Å². The Labute approximate surface area is 154 Å². The van der Waals surface area contributed by atoms with E-state index < -0.39 is 29.0 Å². The van der Waals surface area contributed by atoms with Crippen molar-refractivity contribution in [1.82, 2.24) is 9.55 Å². The third-order valence-corrected chi connectivity index (χ3v) is 4.42. The van der Waals surface area contributed by atoms with Crippen LogP contribution in [0.4, 0.5) is 17.6 Å². The molecule has 2 aromatic carbocycles. The molecule has 5 nitrogen and oxygen atoms in total. The van der Waals surface area contributed by atoms with Gasteiger partial charge >= 0.3 is 6.18 Å². The fourth-order valence-electron chi connectivity index (χ4n) is 3.11. The molecule has 0 aliphatic heterocycles. The van der Waals surface area contributed by atoms with Crippen molar-refractivity contribution in [2.24, 2.45) is 5.73 Å². The van der Waals surface area contributed by atoms with Gasteiger partial charge in [-0.1, -0.05) is 6.07 Å². The maximum absolute atomic E-state index is 13.6. The van der Waals surface area contributed by atoms with Crippen molar-refractivity contribution in [3.05, 3.63) is 76.0 Å². The van der Waals surface area contributed by atoms with Crippen LogP contribution in [0, 0.1) is 5.82 Å². The van der Waals surface area contributed by atoms with Crippen LogP contribution >= 0.6 is 0 Å². The van der Waals surface area contributed by atoms with Gasteiger partial charge in [0.2, 0.25) is 5.43 Å². The van der Waals surface area contributed by atoms with E-state index in [0.717, 1.165) is 18.2 Å². The van der Waals surface area contributed by atoms with Gasteiger partial charge < -0.3 is 15.3 Å². The molecule has 0 aliphatic carbocycles. The molecular weight excluding hydrogens is 378 g/mol. The van der Waals surface area contributed by atoms with E-state index in [2.05, 4.69) is 4.98 Å². The number of H-pyrrole nitrogens is 1. The Morgan fingerprint density at radius 1 is 1.07 bits per heavy atom. The monoisotopic (exact) mass is 389 g/mol. The maximum atomic E-state index is 13.6. The highest BCUT2D eigenvalue weighted by Crippen LogP contribution is 2.32. The maximum Gasteiger partial charge on any atom is 0.431 e. The number of hydrogen-bond acceptors (Lipinski definition) is 2. The predicted octanol–water partition coefficient (Wildman–Crippen LogP) is 3.73. The van der Waals surface area contributed by atoms with E-state index in [4.69, 9.17) is 5.73 Å². The molecule has 0 spiro atoms. The standard InChI is InChI=1S/C19H11F4N3O2/c20-10-2-4-15-12(6-10)17(27)13(18(24)28)8-26(15)11-3-1-9-5-16(19(21,22)23)25-14(9)7-11/h1-8,25H,(H2,24,28). The van der Waals surface area contributed by atoms with Crippen LogP contribution in [0.25, 0.3) is 27.5 Å². The lowest BCUT2D eigenvalue weighted by Crippen LogP contribution is -2.24. The number of nitrogens with one attached hydrogen (secondary N) is 1. The lowest BCUT2D eigenvalue weighted by molar-refractivity contribution is -0.140. The molecule has 0 radical (unpaired) electrons. The second kappa shape index (κ2) is 5.95. The van der Waals surface area contributed by atoms with E-state index in [1.807, 2.05) is 0 Å². The molecule has 1 amide bonds. The smallest absolute Gasteiger partial charge is 0.365 e. The Bertz CT molecular complexity index is 1320. The molecule has 142 valence electrons. The van der Waals surface area contributed by atoms with Gasteiger partial charge in [-0.25, -0.2) is 4.39 Å². The Morgan fingerprint density at radius 2 is 1.82 bits per heavy atom. The van der Waals surface area contributed by atoms with Crippen molar-refractivity contribution in [3.8, 4) is 5.69 Å². The van der Waals surface area contributed by atoms with E-state index >= 15 is 0 Å². The second-order valence-corrected chi connectivity index (χ2v) is 6.22. The van der Waals surface area contributed by atoms with Crippen molar-refractivity contribution in [2.75, 3.05) is 0 Å². The van der Waals surface area contributed by atoms with Crippen LogP contribution in [0.2, 0.25) is 0 Å². The molecule has 4 aromatic rings. The zero-order chi connectivity index (χ0) is 20.2. The summed E-state index contributed by atoms with van der Waals surface area (Å²) < 4.78 is 53.8. The van der Waals surface area contributed by atoms with Gasteiger partial charge in [0.1, 0.15) is 17.1 Å². The molecule has 0 saturated carbocycles. The van der Waals surface area contributed by atoms with Crippen LogP contribution in [0.5, 0.6) is 0 Å². The topological polar surface area (TPSA) is 80.9 Å². The number of carbonyl (C=O) groups excluding carboxylic acids is 1. The summed E-state index contributed by atoms with van der Waals surface area (Å²) in [6.07, 6.45) is -3.33. The molecular formula is C19H11F4N3O2. The van der Waals surface area contributed by atoms with Crippen molar-refractivity contribution in [3.63, 3.8) is 0 Å². The molecule has 3 N–H and O–H groups in total. The zero-order valence-electron chi connectivity index (χ0n) is 14.0. The number of halogens is 4. The average molecular weight is 389 g/mol. The molecule has 0 fully saturated rings. The van der Waals surface area contributed by atoms with Crippen molar-refractivity contribution in [1.29, 1.82) is 0 Å². The normalized spacial score (nSPS) is 12.0. The van der Waals surface area contributed by atoms with Crippen LogP contribution in [-0.4, -0.2) is 15.5 Å². The first-order valence-corrected chi connectivity index (χ1v) is 8.00. The molecule has 0 aliphatic rings. The number of nitrogens with two attached hydrogens (primary N) is 1. The Morgan fingerprint density at radius 3 is 2.50 bits per heavy atom. The summed E-state index contributed by atoms with van der Waals surface area (Å²) in [4.78, 5) is 26.4. The van der Waals surface area contributed by atoms with E-state index in [0.29, 0.717) is 11.1 Å². The van der Waals surface area contributed by atoms with Crippen LogP contribution in [0.3, 0.4) is 0 Å². The van der Waals surface area contributed by atoms with Gasteiger partial charge in [0.15, 0.2) is 0 Å². The fraction of sp³-hybridized carbons (Fsp3) is 0.0526. The highest BCUT2D eigenvalue weighted by molar-refractivity contribution is 5.97. The van der Waals surface area contributed by atoms with Crippen molar-refractivity contribution < 1.29 is 22.4 Å². The minimum absolute atomic E-state index is 0.0705. The van der Waals surface area contributed by atoms with Gasteiger partial charge in [0.05, 0.1) is 5.52 Å². The number of pyridine rings is 1. The number of benzene rings is 2. The molecule has 2 aromatic heterocycles. The minimum Gasteiger partial charge on any atom is -0.365 e. The fourth-order valence-corrected chi connectivity index (χ4v) is 3.11. The van der Waals surface area contributed by atoms with E-state index in [1.165, 1.54) is 35.0 Å². The Hall–Kier alpha value is -3.62. The zero-order valence-corrected chi connectivity index (χ0v) is 14.0. The average Bonchev–Trinajstić information content (AvgIpc) is 3.06. The summed E-state index contributed by atoms with van der Waals surface area (Å²) in [6, 6.07) is 8.86. The molecule has 0 saturated heterocycles. The lowest BCUT2D eigenvalue weighted by Gasteiger charge is -2.13. The van der Waals surface area contributed by atoms with Gasteiger partial charge in [0, 0.05) is 28.2 Å². The number of carbonyl (C=O) groups is 1. The number of alkyl halides is 3. The van der Waals surface area contributed by atoms with E-state index in [9.17, 15) is 27.2 Å². The summed E-state index contributed by atoms with van der Waals surface area (Å²) in [5, 5.41) is 0.265. The molecule has 9 heteroatoms. The SMILES string of the molecule is NC(=O)c1cn(-c2ccc3cc(C(F)(F)F)[nH]c3c2)c2ccc(F)cc2c1=O. The molecule has 28 heavy (non-hydrogen) atoms. The number of hydrogen-bond donors (Lipinski definition) is 2. The molecule has 4 rings (SSSR count). The number of fused-ring (bicyclic) bond motifs is 2. The summed E-state index contributed by atoms with van der Waals surface area (Å²) in [6.45, 7) is 0. The van der Waals surface area contributed by atoms with Gasteiger partial charge in [-0.05, 0) is 36.4 Å². The number of aromatic amines is 1. The first kappa shape index (κ1) is 17.8. The number of aromatic nitrogens is 2. The van der Waals surface area contributed by atoms with E-state index in [-0.39, 0.29) is 22.0 Å². The number of primary amides is 1. The van der Waals surface area contributed by atoms with Crippen LogP contribution in [-0.2, 0) is 6.18 Å². The Kier molecular flexibility index (Phi) is 3.77. The first-order valence-electron chi connectivity index (χ1n) is 8.00. The molecule has 0 bridgehead atoms. The molecule has 0 unspecified atom stereocenters. The predicted molar refractivity (Wildman–Crippen MR) is 94.9 cm³/mol. The lowest BCUT2D eigenvalue weighted by atomic mass is 10.1. The van der Waals surface area contributed by atoms with Crippen LogP contribution in [0.15, 0.2) is 53.5 Å². The van der Waals surface area contributed by atoms with Crippen molar-refractivity contribution in [2.45, 2.75) is 6.18 Å². The van der Waals surface area contributed by atoms with Gasteiger partial charge in [-0.2, -0.15) is 13.2 Å². The third kappa shape index (κ3) is 2.81. The highest BCUT2D eigenvalue weighted by atomic mass is 19.4. The number of amides is 1. The van der Waals surface area contributed by atoms with Crippen LogP contribution < -0.4 is 11.2 Å². The molecule has 2 heterocycles. The molecule has 0 atom stereocenters. The largest absolute Gasteiger partial charge is 0.431 e. The number of rotatable bonds is 2. The Balaban J connectivity index is 2.02. The summed E-state index contributed by atoms with van der Waals surface area (Å²) >= 11 is 0. The summed E-state index contributed by atoms with van der Waals surface area (Å²) in [5.74, 6) is -1.67. The number of nitrogens with zero attached hydrogens (tertiary/aromatic N) is 1. The minimum atomic E-state index is -4.53. The van der Waals surface area contributed by atoms with Gasteiger partial charge in [-0.15, -0.1) is 0 Å². The van der Waals surface area contributed by atoms with Gasteiger partial charge in [0.25, 0.3) is 5.91 Å². The third-order valence-electron chi connectivity index (χ3n) is 4.42. The second-order valence-electron chi connectivity index (χ2n) is 6.22.